The lowest BCUT2D eigenvalue weighted by Crippen LogP contribution is -2.50. The Labute approximate surface area is 183 Å². The maximum absolute atomic E-state index is 11.3. The molecule has 0 fully saturated rings. The molecule has 1 aliphatic rings. The van der Waals surface area contributed by atoms with Crippen LogP contribution in [-0.2, 0) is 18.5 Å². The quantitative estimate of drug-likeness (QED) is 0.308. The molecule has 1 heterocycles. The maximum atomic E-state index is 11.3. The van der Waals surface area contributed by atoms with Crippen molar-refractivity contribution in [2.45, 2.75) is 18.5 Å². The predicted molar refractivity (Wildman–Crippen MR) is 125 cm³/mol. The van der Waals surface area contributed by atoms with E-state index in [0.717, 1.165) is 31.4 Å². The monoisotopic (exact) mass is 403 g/mol. The number of rotatable bonds is 5. The highest BCUT2D eigenvalue weighted by Crippen LogP contribution is 2.44. The van der Waals surface area contributed by atoms with Crippen molar-refractivity contribution in [3.05, 3.63) is 143 Å². The summed E-state index contributed by atoms with van der Waals surface area (Å²) in [6.45, 7) is 1.74. The molecule has 4 aromatic carbocycles. The SMILES string of the molecule is O=Cc1ccc2c(c1)CCN(C(c1ccccc1)(c1ccccc1)c1ccccc1)C2. The number of carbonyl (C=O) groups excluding carboxylic acids is 1. The molecule has 0 saturated heterocycles. The number of aldehydes is 1. The van der Waals surface area contributed by atoms with Crippen LogP contribution in [0.25, 0.3) is 0 Å². The summed E-state index contributed by atoms with van der Waals surface area (Å²) < 4.78 is 0. The van der Waals surface area contributed by atoms with Crippen molar-refractivity contribution in [1.82, 2.24) is 4.90 Å². The number of hydrogen-bond acceptors (Lipinski definition) is 2. The largest absolute Gasteiger partial charge is 0.298 e. The van der Waals surface area contributed by atoms with Crippen molar-refractivity contribution in [3.8, 4) is 0 Å². The Morgan fingerprint density at radius 2 is 1.16 bits per heavy atom. The van der Waals surface area contributed by atoms with Crippen LogP contribution in [0.2, 0.25) is 0 Å². The van der Waals surface area contributed by atoms with Gasteiger partial charge in [-0.05, 0) is 40.3 Å². The first-order valence-corrected chi connectivity index (χ1v) is 10.8. The smallest absolute Gasteiger partial charge is 0.150 e. The van der Waals surface area contributed by atoms with Crippen LogP contribution < -0.4 is 0 Å². The first-order valence-electron chi connectivity index (χ1n) is 10.8. The molecule has 2 heteroatoms. The number of hydrogen-bond donors (Lipinski definition) is 0. The first kappa shape index (κ1) is 19.5. The van der Waals surface area contributed by atoms with Gasteiger partial charge in [0.25, 0.3) is 0 Å². The van der Waals surface area contributed by atoms with Crippen molar-refractivity contribution in [3.63, 3.8) is 0 Å². The number of fused-ring (bicyclic) bond motifs is 1. The summed E-state index contributed by atoms with van der Waals surface area (Å²) in [4.78, 5) is 13.9. The van der Waals surface area contributed by atoms with Crippen LogP contribution in [0.1, 0.15) is 38.2 Å². The fourth-order valence-corrected chi connectivity index (χ4v) is 5.02. The highest BCUT2D eigenvalue weighted by Gasteiger charge is 2.43. The molecule has 5 rings (SSSR count). The lowest BCUT2D eigenvalue weighted by Gasteiger charge is -2.47. The number of nitrogens with zero attached hydrogens (tertiary/aromatic N) is 1. The second-order valence-corrected chi connectivity index (χ2v) is 8.13. The molecule has 152 valence electrons. The normalized spacial score (nSPS) is 14.1. The van der Waals surface area contributed by atoms with Crippen LogP contribution in [0.3, 0.4) is 0 Å². The summed E-state index contributed by atoms with van der Waals surface area (Å²) in [7, 11) is 0. The van der Waals surface area contributed by atoms with E-state index in [2.05, 4.69) is 108 Å². The van der Waals surface area contributed by atoms with Gasteiger partial charge in [-0.3, -0.25) is 9.69 Å². The van der Waals surface area contributed by atoms with Crippen LogP contribution in [0.15, 0.2) is 109 Å². The summed E-state index contributed by atoms with van der Waals surface area (Å²) in [5, 5.41) is 0. The van der Waals surface area contributed by atoms with E-state index in [4.69, 9.17) is 0 Å². The van der Waals surface area contributed by atoms with Crippen molar-refractivity contribution >= 4 is 6.29 Å². The third kappa shape index (κ3) is 3.39. The standard InChI is InChI=1S/C29H25NO/c31-22-23-16-17-25-21-30(19-18-24(25)20-23)29(26-10-4-1-5-11-26,27-12-6-2-7-13-27)28-14-8-3-9-15-28/h1-17,20,22H,18-19,21H2. The van der Waals surface area contributed by atoms with Gasteiger partial charge in [0.05, 0.1) is 5.54 Å². The molecule has 0 spiro atoms. The molecule has 0 unspecified atom stereocenters. The van der Waals surface area contributed by atoms with Gasteiger partial charge >= 0.3 is 0 Å². The second kappa shape index (κ2) is 8.33. The zero-order valence-corrected chi connectivity index (χ0v) is 17.4. The summed E-state index contributed by atoms with van der Waals surface area (Å²) in [6.07, 6.45) is 1.86. The van der Waals surface area contributed by atoms with Crippen LogP contribution in [0.5, 0.6) is 0 Å². The fraction of sp³-hybridized carbons (Fsp3) is 0.138. The molecule has 31 heavy (non-hydrogen) atoms. The van der Waals surface area contributed by atoms with E-state index in [1.165, 1.54) is 27.8 Å². The van der Waals surface area contributed by atoms with E-state index in [1.807, 2.05) is 6.07 Å². The van der Waals surface area contributed by atoms with Gasteiger partial charge in [0.2, 0.25) is 0 Å². The van der Waals surface area contributed by atoms with E-state index in [-0.39, 0.29) is 0 Å². The van der Waals surface area contributed by atoms with Gasteiger partial charge in [0.15, 0.2) is 0 Å². The molecule has 2 nitrogen and oxygen atoms in total. The second-order valence-electron chi connectivity index (χ2n) is 8.13. The molecule has 1 aliphatic heterocycles. The van der Waals surface area contributed by atoms with E-state index in [1.54, 1.807) is 0 Å². The molecule has 0 bridgehead atoms. The van der Waals surface area contributed by atoms with Crippen molar-refractivity contribution in [1.29, 1.82) is 0 Å². The minimum atomic E-state index is -0.398. The Bertz CT molecular complexity index is 1070. The minimum Gasteiger partial charge on any atom is -0.298 e. The van der Waals surface area contributed by atoms with E-state index >= 15 is 0 Å². The first-order chi connectivity index (χ1) is 15.3. The number of carbonyl (C=O) groups is 1. The van der Waals surface area contributed by atoms with E-state index in [0.29, 0.717) is 0 Å². The molecule has 0 aliphatic carbocycles. The average molecular weight is 404 g/mol. The lowest BCUT2D eigenvalue weighted by molar-refractivity contribution is 0.112. The van der Waals surface area contributed by atoms with E-state index in [9.17, 15) is 4.79 Å². The lowest BCUT2D eigenvalue weighted by atomic mass is 9.74. The topological polar surface area (TPSA) is 20.3 Å². The Kier molecular flexibility index (Phi) is 5.23. The van der Waals surface area contributed by atoms with Gasteiger partial charge in [-0.1, -0.05) is 103 Å². The fourth-order valence-electron chi connectivity index (χ4n) is 5.02. The van der Waals surface area contributed by atoms with Crippen molar-refractivity contribution in [2.24, 2.45) is 0 Å². The molecule has 0 amide bonds. The van der Waals surface area contributed by atoms with Gasteiger partial charge in [0, 0.05) is 18.7 Å². The molecule has 4 aromatic rings. The third-order valence-corrected chi connectivity index (χ3v) is 6.43. The molecular weight excluding hydrogens is 378 g/mol. The molecule has 0 aromatic heterocycles. The molecule has 0 saturated carbocycles. The van der Waals surface area contributed by atoms with Gasteiger partial charge in [0.1, 0.15) is 6.29 Å². The summed E-state index contributed by atoms with van der Waals surface area (Å²) in [6, 6.07) is 38.6. The molecule has 0 atom stereocenters. The molecule has 0 N–H and O–H groups in total. The Morgan fingerprint density at radius 1 is 0.645 bits per heavy atom. The van der Waals surface area contributed by atoms with Crippen LogP contribution >= 0.6 is 0 Å². The van der Waals surface area contributed by atoms with Crippen LogP contribution in [0.4, 0.5) is 0 Å². The highest BCUT2D eigenvalue weighted by molar-refractivity contribution is 5.75. The van der Waals surface area contributed by atoms with Gasteiger partial charge in [-0.2, -0.15) is 0 Å². The summed E-state index contributed by atoms with van der Waals surface area (Å²) >= 11 is 0. The summed E-state index contributed by atoms with van der Waals surface area (Å²) in [5.74, 6) is 0. The summed E-state index contributed by atoms with van der Waals surface area (Å²) in [5.41, 5.74) is 6.73. The van der Waals surface area contributed by atoms with Crippen molar-refractivity contribution < 1.29 is 4.79 Å². The highest BCUT2D eigenvalue weighted by atomic mass is 16.1. The minimum absolute atomic E-state index is 0.398. The van der Waals surface area contributed by atoms with Gasteiger partial charge < -0.3 is 0 Å². The molecular formula is C29H25NO. The molecule has 0 radical (unpaired) electrons. The Morgan fingerprint density at radius 3 is 1.65 bits per heavy atom. The van der Waals surface area contributed by atoms with Gasteiger partial charge in [-0.15, -0.1) is 0 Å². The number of benzene rings is 4. The zero-order chi connectivity index (χ0) is 21.1. The van der Waals surface area contributed by atoms with E-state index < -0.39 is 5.54 Å². The Balaban J connectivity index is 1.73. The van der Waals surface area contributed by atoms with Crippen LogP contribution in [-0.4, -0.2) is 17.7 Å². The van der Waals surface area contributed by atoms with Crippen molar-refractivity contribution in [2.75, 3.05) is 6.54 Å². The third-order valence-electron chi connectivity index (χ3n) is 6.43. The predicted octanol–water partition coefficient (Wildman–Crippen LogP) is 5.85. The van der Waals surface area contributed by atoms with Crippen LogP contribution in [0, 0.1) is 0 Å². The average Bonchev–Trinajstić information content (AvgIpc) is 2.86. The maximum Gasteiger partial charge on any atom is 0.150 e. The zero-order valence-electron chi connectivity index (χ0n) is 17.4. The van der Waals surface area contributed by atoms with Gasteiger partial charge in [-0.25, -0.2) is 0 Å². The Hall–Kier alpha value is -3.49.